The third-order valence-corrected chi connectivity index (χ3v) is 6.17. The summed E-state index contributed by atoms with van der Waals surface area (Å²) in [6.45, 7) is 1.03. The van der Waals surface area contributed by atoms with Gasteiger partial charge in [0.2, 0.25) is 5.91 Å². The molecule has 2 rings (SSSR count). The Kier molecular flexibility index (Phi) is 7.12. The Labute approximate surface area is 146 Å². The summed E-state index contributed by atoms with van der Waals surface area (Å²) in [7, 11) is -3.57. The molecule has 136 valence electrons. The molecule has 0 radical (unpaired) electrons. The fraction of sp³-hybridized carbons (Fsp3) is 0.533. The summed E-state index contributed by atoms with van der Waals surface area (Å²) in [4.78, 5) is 12.4. The van der Waals surface area contributed by atoms with Crippen LogP contribution in [0, 0.1) is 11.6 Å². The molecule has 0 bridgehead atoms. The summed E-state index contributed by atoms with van der Waals surface area (Å²) < 4.78 is 49.0. The van der Waals surface area contributed by atoms with Crippen LogP contribution in [0.25, 0.3) is 0 Å². The van der Waals surface area contributed by atoms with E-state index < -0.39 is 32.1 Å². The maximum Gasteiger partial charge on any atom is 0.241 e. The number of carbonyl (C=O) groups excluding carboxylic acids is 1. The highest BCUT2D eigenvalue weighted by molar-refractivity contribution is 7.92. The van der Waals surface area contributed by atoms with E-state index in [-0.39, 0.29) is 38.2 Å². The second-order valence-electron chi connectivity index (χ2n) is 5.80. The lowest BCUT2D eigenvalue weighted by atomic mass is 9.95. The van der Waals surface area contributed by atoms with Gasteiger partial charge in [-0.1, -0.05) is 0 Å². The smallest absolute Gasteiger partial charge is 0.241 e. The molecule has 1 aromatic carbocycles. The predicted molar refractivity (Wildman–Crippen MR) is 90.0 cm³/mol. The summed E-state index contributed by atoms with van der Waals surface area (Å²) in [5.74, 6) is -1.91. The van der Waals surface area contributed by atoms with Crippen molar-refractivity contribution in [2.24, 2.45) is 0 Å². The van der Waals surface area contributed by atoms with E-state index >= 15 is 0 Å². The van der Waals surface area contributed by atoms with Crippen molar-refractivity contribution in [2.75, 3.05) is 25.9 Å². The molecule has 1 amide bonds. The summed E-state index contributed by atoms with van der Waals surface area (Å²) in [6.07, 6.45) is 1.72. The molecule has 9 heteroatoms. The molecule has 5 nitrogen and oxygen atoms in total. The van der Waals surface area contributed by atoms with E-state index in [1.807, 2.05) is 0 Å². The number of halogens is 3. The first-order chi connectivity index (χ1) is 10.7. The van der Waals surface area contributed by atoms with Gasteiger partial charge in [-0.15, -0.1) is 12.4 Å². The molecule has 1 aliphatic heterocycles. The average Bonchev–Trinajstić information content (AvgIpc) is 2.45. The molecule has 1 saturated heterocycles. The van der Waals surface area contributed by atoms with Crippen molar-refractivity contribution in [3.05, 3.63) is 35.4 Å². The Morgan fingerprint density at radius 2 is 1.75 bits per heavy atom. The number of carbonyl (C=O) groups is 1. The van der Waals surface area contributed by atoms with E-state index in [0.717, 1.165) is 12.3 Å². The van der Waals surface area contributed by atoms with Crippen molar-refractivity contribution in [1.29, 1.82) is 0 Å². The van der Waals surface area contributed by atoms with Crippen LogP contribution in [0.4, 0.5) is 8.78 Å². The molecule has 1 aromatic rings. The fourth-order valence-electron chi connectivity index (χ4n) is 2.83. The Hall–Kier alpha value is -1.25. The molecule has 1 aliphatic rings. The van der Waals surface area contributed by atoms with Crippen LogP contribution in [-0.4, -0.2) is 45.0 Å². The van der Waals surface area contributed by atoms with Gasteiger partial charge in [0, 0.05) is 18.9 Å². The number of amides is 1. The third kappa shape index (κ3) is 4.64. The largest absolute Gasteiger partial charge is 0.354 e. The SMILES string of the molecule is CS(=O)(=O)C1(C(=O)NCCc2cc(F)cc(F)c2)CCNCC1.Cl. The minimum absolute atomic E-state index is 0. The number of hydrogen-bond acceptors (Lipinski definition) is 4. The Balaban J connectivity index is 0.00000288. The van der Waals surface area contributed by atoms with Crippen LogP contribution in [0.5, 0.6) is 0 Å². The predicted octanol–water partition coefficient (Wildman–Crippen LogP) is 1.21. The van der Waals surface area contributed by atoms with Gasteiger partial charge in [-0.25, -0.2) is 17.2 Å². The van der Waals surface area contributed by atoms with Crippen LogP contribution in [-0.2, 0) is 21.1 Å². The van der Waals surface area contributed by atoms with Crippen molar-refractivity contribution in [3.63, 3.8) is 0 Å². The Morgan fingerprint density at radius 3 is 2.25 bits per heavy atom. The number of hydrogen-bond donors (Lipinski definition) is 2. The monoisotopic (exact) mass is 382 g/mol. The molecular weight excluding hydrogens is 362 g/mol. The van der Waals surface area contributed by atoms with Crippen LogP contribution >= 0.6 is 12.4 Å². The Morgan fingerprint density at radius 1 is 1.21 bits per heavy atom. The van der Waals surface area contributed by atoms with E-state index in [1.165, 1.54) is 12.1 Å². The van der Waals surface area contributed by atoms with Crippen molar-refractivity contribution in [2.45, 2.75) is 24.0 Å². The number of piperidine rings is 1. The second kappa shape index (κ2) is 8.22. The first-order valence-corrected chi connectivity index (χ1v) is 9.27. The summed E-state index contributed by atoms with van der Waals surface area (Å²) in [5.41, 5.74) is 0.404. The lowest BCUT2D eigenvalue weighted by Gasteiger charge is -2.34. The van der Waals surface area contributed by atoms with Crippen molar-refractivity contribution < 1.29 is 22.0 Å². The number of nitrogens with one attached hydrogen (secondary N) is 2. The molecule has 0 aromatic heterocycles. The lowest BCUT2D eigenvalue weighted by Crippen LogP contribution is -2.57. The first-order valence-electron chi connectivity index (χ1n) is 7.38. The van der Waals surface area contributed by atoms with Crippen LogP contribution in [0.15, 0.2) is 18.2 Å². The van der Waals surface area contributed by atoms with Gasteiger partial charge in [0.25, 0.3) is 0 Å². The quantitative estimate of drug-likeness (QED) is 0.802. The van der Waals surface area contributed by atoms with Gasteiger partial charge >= 0.3 is 0 Å². The van der Waals surface area contributed by atoms with E-state index in [1.54, 1.807) is 0 Å². The molecule has 24 heavy (non-hydrogen) atoms. The molecule has 1 fully saturated rings. The second-order valence-corrected chi connectivity index (χ2v) is 8.13. The highest BCUT2D eigenvalue weighted by Gasteiger charge is 2.48. The highest BCUT2D eigenvalue weighted by atomic mass is 35.5. The van der Waals surface area contributed by atoms with Gasteiger partial charge in [-0.05, 0) is 50.0 Å². The van der Waals surface area contributed by atoms with Gasteiger partial charge < -0.3 is 10.6 Å². The van der Waals surface area contributed by atoms with Crippen molar-refractivity contribution in [1.82, 2.24) is 10.6 Å². The maximum absolute atomic E-state index is 13.1. The topological polar surface area (TPSA) is 75.3 Å². The minimum atomic E-state index is -3.57. The van der Waals surface area contributed by atoms with Gasteiger partial charge in [0.15, 0.2) is 14.6 Å². The Bertz CT molecular complexity index is 672. The first kappa shape index (κ1) is 20.8. The van der Waals surface area contributed by atoms with E-state index in [2.05, 4.69) is 10.6 Å². The zero-order chi connectivity index (χ0) is 17.1. The van der Waals surface area contributed by atoms with Crippen LogP contribution in [0.1, 0.15) is 18.4 Å². The number of rotatable bonds is 5. The fourth-order valence-corrected chi connectivity index (χ4v) is 4.19. The zero-order valence-corrected chi connectivity index (χ0v) is 14.9. The van der Waals surface area contributed by atoms with Crippen LogP contribution < -0.4 is 10.6 Å². The number of sulfone groups is 1. The van der Waals surface area contributed by atoms with Crippen molar-refractivity contribution >= 4 is 28.2 Å². The van der Waals surface area contributed by atoms with Crippen LogP contribution in [0.2, 0.25) is 0 Å². The minimum Gasteiger partial charge on any atom is -0.354 e. The van der Waals surface area contributed by atoms with Crippen LogP contribution in [0.3, 0.4) is 0 Å². The van der Waals surface area contributed by atoms with E-state index in [9.17, 15) is 22.0 Å². The van der Waals surface area contributed by atoms with E-state index in [0.29, 0.717) is 18.7 Å². The standard InChI is InChI=1S/C15H20F2N2O3S.ClH/c1-23(21,22)15(3-6-18-7-4-15)14(20)19-5-2-11-8-12(16)10-13(17)9-11;/h8-10,18H,2-7H2,1H3,(H,19,20);1H. The molecule has 0 aliphatic carbocycles. The summed E-state index contributed by atoms with van der Waals surface area (Å²) in [6, 6.07) is 3.15. The van der Waals surface area contributed by atoms with Gasteiger partial charge in [-0.3, -0.25) is 4.79 Å². The van der Waals surface area contributed by atoms with Gasteiger partial charge in [-0.2, -0.15) is 0 Å². The average molecular weight is 383 g/mol. The zero-order valence-electron chi connectivity index (χ0n) is 13.3. The third-order valence-electron chi connectivity index (χ3n) is 4.16. The normalized spacial score (nSPS) is 17.0. The molecule has 1 heterocycles. The highest BCUT2D eigenvalue weighted by Crippen LogP contribution is 2.27. The molecule has 2 N–H and O–H groups in total. The van der Waals surface area contributed by atoms with Gasteiger partial charge in [0.05, 0.1) is 0 Å². The summed E-state index contributed by atoms with van der Waals surface area (Å²) >= 11 is 0. The molecular formula is C15H21ClF2N2O3S. The van der Waals surface area contributed by atoms with Gasteiger partial charge in [0.1, 0.15) is 11.6 Å². The molecule has 0 unspecified atom stereocenters. The maximum atomic E-state index is 13.1. The van der Waals surface area contributed by atoms with Crippen molar-refractivity contribution in [3.8, 4) is 0 Å². The number of benzene rings is 1. The molecule has 0 saturated carbocycles. The summed E-state index contributed by atoms with van der Waals surface area (Å²) in [5, 5.41) is 5.63. The van der Waals surface area contributed by atoms with E-state index in [4.69, 9.17) is 0 Å². The molecule has 0 atom stereocenters. The molecule has 0 spiro atoms. The lowest BCUT2D eigenvalue weighted by molar-refractivity contribution is -0.124.